The second kappa shape index (κ2) is 7.55. The molecule has 0 spiro atoms. The zero-order chi connectivity index (χ0) is 15.1. The van der Waals surface area contributed by atoms with Gasteiger partial charge < -0.3 is 11.1 Å². The van der Waals surface area contributed by atoms with Crippen molar-refractivity contribution < 1.29 is 4.79 Å². The number of nitrogens with one attached hydrogen (secondary N) is 1. The average Bonchev–Trinajstić information content (AvgIpc) is 2.46. The Bertz CT molecular complexity index is 640. The number of hydrogen-bond acceptors (Lipinski definition) is 3. The zero-order valence-electron chi connectivity index (χ0n) is 11.7. The summed E-state index contributed by atoms with van der Waals surface area (Å²) in [6.45, 7) is 3.71. The van der Waals surface area contributed by atoms with E-state index in [-0.39, 0.29) is 5.91 Å². The number of carbonyl (C=O) groups is 1. The number of rotatable bonds is 6. The Kier molecular flexibility index (Phi) is 5.46. The van der Waals surface area contributed by atoms with Crippen molar-refractivity contribution in [3.63, 3.8) is 0 Å². The molecule has 0 saturated heterocycles. The lowest BCUT2D eigenvalue weighted by atomic mass is 10.1. The van der Waals surface area contributed by atoms with Gasteiger partial charge in [-0.2, -0.15) is 0 Å². The molecule has 2 aromatic rings. The molecule has 0 saturated carbocycles. The Morgan fingerprint density at radius 3 is 2.81 bits per heavy atom. The summed E-state index contributed by atoms with van der Waals surface area (Å²) in [5, 5.41) is 2.95. The minimum Gasteiger partial charge on any atom is -0.399 e. The summed E-state index contributed by atoms with van der Waals surface area (Å²) in [6.07, 6.45) is 2.15. The Hall–Kier alpha value is -2.20. The van der Waals surface area contributed by atoms with Crippen LogP contribution < -0.4 is 11.1 Å². The van der Waals surface area contributed by atoms with E-state index in [2.05, 4.69) is 11.9 Å². The Morgan fingerprint density at radius 1 is 1.24 bits per heavy atom. The van der Waals surface area contributed by atoms with Crippen LogP contribution in [0.4, 0.5) is 11.4 Å². The summed E-state index contributed by atoms with van der Waals surface area (Å²) >= 11 is 1.64. The molecule has 3 nitrogen and oxygen atoms in total. The SMILES string of the molecule is C=CCSc1ccccc1NC(=O)Cc1cccc(N)c1. The van der Waals surface area contributed by atoms with Gasteiger partial charge in [-0.1, -0.05) is 30.3 Å². The highest BCUT2D eigenvalue weighted by atomic mass is 32.2. The molecule has 21 heavy (non-hydrogen) atoms. The molecule has 2 rings (SSSR count). The van der Waals surface area contributed by atoms with Gasteiger partial charge in [0.25, 0.3) is 0 Å². The molecule has 0 aromatic heterocycles. The standard InChI is InChI=1S/C17H18N2OS/c1-2-10-21-16-9-4-3-8-15(16)19-17(20)12-13-6-5-7-14(18)11-13/h2-9,11H,1,10,12,18H2,(H,19,20). The summed E-state index contributed by atoms with van der Waals surface area (Å²) < 4.78 is 0. The Labute approximate surface area is 129 Å². The van der Waals surface area contributed by atoms with Crippen molar-refractivity contribution in [1.82, 2.24) is 0 Å². The van der Waals surface area contributed by atoms with E-state index in [4.69, 9.17) is 5.73 Å². The molecule has 0 aliphatic rings. The van der Waals surface area contributed by atoms with Crippen LogP contribution in [-0.2, 0) is 11.2 Å². The molecular formula is C17H18N2OS. The normalized spacial score (nSPS) is 10.1. The third kappa shape index (κ3) is 4.68. The molecule has 0 aliphatic carbocycles. The summed E-state index contributed by atoms with van der Waals surface area (Å²) in [4.78, 5) is 13.2. The largest absolute Gasteiger partial charge is 0.399 e. The molecule has 1 amide bonds. The highest BCUT2D eigenvalue weighted by molar-refractivity contribution is 7.99. The van der Waals surface area contributed by atoms with Crippen LogP contribution in [0.5, 0.6) is 0 Å². The van der Waals surface area contributed by atoms with Crippen LogP contribution in [-0.4, -0.2) is 11.7 Å². The molecule has 4 heteroatoms. The quantitative estimate of drug-likeness (QED) is 0.485. The van der Waals surface area contributed by atoms with Crippen LogP contribution in [0.3, 0.4) is 0 Å². The minimum atomic E-state index is -0.0488. The maximum atomic E-state index is 12.1. The minimum absolute atomic E-state index is 0.0488. The molecule has 0 heterocycles. The first-order valence-electron chi connectivity index (χ1n) is 6.66. The van der Waals surface area contributed by atoms with Crippen LogP contribution >= 0.6 is 11.8 Å². The highest BCUT2D eigenvalue weighted by Gasteiger charge is 2.07. The number of hydrogen-bond donors (Lipinski definition) is 2. The van der Waals surface area contributed by atoms with Crippen LogP contribution in [0.2, 0.25) is 0 Å². The van der Waals surface area contributed by atoms with Gasteiger partial charge in [0.05, 0.1) is 12.1 Å². The molecule has 2 aromatic carbocycles. The Balaban J connectivity index is 2.04. The maximum absolute atomic E-state index is 12.1. The van der Waals surface area contributed by atoms with Crippen molar-refractivity contribution in [1.29, 1.82) is 0 Å². The third-order valence-electron chi connectivity index (χ3n) is 2.83. The van der Waals surface area contributed by atoms with E-state index in [1.807, 2.05) is 54.6 Å². The van der Waals surface area contributed by atoms with Crippen LogP contribution in [0.1, 0.15) is 5.56 Å². The van der Waals surface area contributed by atoms with E-state index < -0.39 is 0 Å². The number of benzene rings is 2. The van der Waals surface area contributed by atoms with E-state index in [9.17, 15) is 4.79 Å². The fourth-order valence-electron chi connectivity index (χ4n) is 1.93. The van der Waals surface area contributed by atoms with Gasteiger partial charge in [0.1, 0.15) is 0 Å². The number of amides is 1. The number of anilines is 2. The summed E-state index contributed by atoms with van der Waals surface area (Å²) in [5.74, 6) is 0.759. The third-order valence-corrected chi connectivity index (χ3v) is 3.90. The van der Waals surface area contributed by atoms with E-state index >= 15 is 0 Å². The van der Waals surface area contributed by atoms with Gasteiger partial charge in [-0.05, 0) is 29.8 Å². The van der Waals surface area contributed by atoms with Crippen molar-refractivity contribution in [2.45, 2.75) is 11.3 Å². The summed E-state index contributed by atoms with van der Waals surface area (Å²) in [6, 6.07) is 15.1. The molecule has 0 atom stereocenters. The lowest BCUT2D eigenvalue weighted by Crippen LogP contribution is -2.15. The first-order valence-corrected chi connectivity index (χ1v) is 7.64. The van der Waals surface area contributed by atoms with E-state index in [1.165, 1.54) is 0 Å². The van der Waals surface area contributed by atoms with E-state index in [0.29, 0.717) is 12.1 Å². The average molecular weight is 298 g/mol. The van der Waals surface area contributed by atoms with E-state index in [1.54, 1.807) is 11.8 Å². The zero-order valence-corrected chi connectivity index (χ0v) is 12.5. The van der Waals surface area contributed by atoms with Gasteiger partial charge in [-0.25, -0.2) is 0 Å². The smallest absolute Gasteiger partial charge is 0.228 e. The van der Waals surface area contributed by atoms with Crippen molar-refractivity contribution >= 4 is 29.0 Å². The molecule has 0 bridgehead atoms. The Morgan fingerprint density at radius 2 is 2.05 bits per heavy atom. The van der Waals surface area contributed by atoms with Crippen LogP contribution in [0.25, 0.3) is 0 Å². The van der Waals surface area contributed by atoms with Gasteiger partial charge in [0, 0.05) is 16.3 Å². The molecule has 0 radical (unpaired) electrons. The lowest BCUT2D eigenvalue weighted by Gasteiger charge is -2.10. The topological polar surface area (TPSA) is 55.1 Å². The number of para-hydroxylation sites is 1. The van der Waals surface area contributed by atoms with Crippen LogP contribution in [0.15, 0.2) is 66.1 Å². The fourth-order valence-corrected chi connectivity index (χ4v) is 2.67. The van der Waals surface area contributed by atoms with Crippen molar-refractivity contribution in [3.8, 4) is 0 Å². The van der Waals surface area contributed by atoms with Gasteiger partial charge in [-0.15, -0.1) is 18.3 Å². The second-order valence-electron chi connectivity index (χ2n) is 4.57. The molecule has 0 unspecified atom stereocenters. The molecule has 3 N–H and O–H groups in total. The number of carbonyl (C=O) groups excluding carboxylic acids is 1. The molecule has 0 fully saturated rings. The van der Waals surface area contributed by atoms with Gasteiger partial charge >= 0.3 is 0 Å². The summed E-state index contributed by atoms with van der Waals surface area (Å²) in [7, 11) is 0. The molecular weight excluding hydrogens is 280 g/mol. The maximum Gasteiger partial charge on any atom is 0.228 e. The lowest BCUT2D eigenvalue weighted by molar-refractivity contribution is -0.115. The molecule has 108 valence electrons. The molecule has 0 aliphatic heterocycles. The van der Waals surface area contributed by atoms with Gasteiger partial charge in [-0.3, -0.25) is 4.79 Å². The van der Waals surface area contributed by atoms with Gasteiger partial charge in [0.15, 0.2) is 0 Å². The number of nitrogens with two attached hydrogens (primary N) is 1. The number of thioether (sulfide) groups is 1. The fraction of sp³-hybridized carbons (Fsp3) is 0.118. The van der Waals surface area contributed by atoms with Crippen molar-refractivity contribution in [2.24, 2.45) is 0 Å². The van der Waals surface area contributed by atoms with Crippen molar-refractivity contribution in [2.75, 3.05) is 16.8 Å². The predicted octanol–water partition coefficient (Wildman–Crippen LogP) is 3.73. The predicted molar refractivity (Wildman–Crippen MR) is 90.6 cm³/mol. The monoisotopic (exact) mass is 298 g/mol. The van der Waals surface area contributed by atoms with Crippen LogP contribution in [0, 0.1) is 0 Å². The first-order chi connectivity index (χ1) is 10.2. The van der Waals surface area contributed by atoms with Gasteiger partial charge in [0.2, 0.25) is 5.91 Å². The number of nitrogen functional groups attached to an aromatic ring is 1. The summed E-state index contributed by atoms with van der Waals surface area (Å²) in [5.41, 5.74) is 8.13. The van der Waals surface area contributed by atoms with Crippen molar-refractivity contribution in [3.05, 3.63) is 66.7 Å². The first kappa shape index (κ1) is 15.2. The second-order valence-corrected chi connectivity index (χ2v) is 5.63. The van der Waals surface area contributed by atoms with E-state index in [0.717, 1.165) is 21.9 Å². The highest BCUT2D eigenvalue weighted by Crippen LogP contribution is 2.27.